The number of aromatic carboxylic acids is 1. The molecule has 1 amide bonds. The van der Waals surface area contributed by atoms with E-state index < -0.39 is 30.4 Å². The number of carbonyl (C=O) groups is 2. The fraction of sp³-hybridized carbons (Fsp3) is 0.422. The second kappa shape index (κ2) is 16.8. The lowest BCUT2D eigenvalue weighted by Gasteiger charge is -2.51. The van der Waals surface area contributed by atoms with Crippen molar-refractivity contribution < 1.29 is 32.3 Å². The number of aryl methyl sites for hydroxylation is 1. The number of carbonyl (C=O) groups excluding carboxylic acids is 1. The molecule has 308 valence electrons. The van der Waals surface area contributed by atoms with Crippen LogP contribution in [0, 0.1) is 11.8 Å². The van der Waals surface area contributed by atoms with Crippen LogP contribution in [0.3, 0.4) is 0 Å². The lowest BCUT2D eigenvalue weighted by molar-refractivity contribution is -0.124. The maximum Gasteiger partial charge on any atom is 0.335 e. The maximum absolute atomic E-state index is 13.8. The summed E-state index contributed by atoms with van der Waals surface area (Å²) >= 11 is 6.49. The lowest BCUT2D eigenvalue weighted by atomic mass is 9.68. The van der Waals surface area contributed by atoms with E-state index in [1.807, 2.05) is 42.5 Å². The number of primary sulfonamides is 1. The monoisotopic (exact) mass is 843 g/mol. The van der Waals surface area contributed by atoms with E-state index in [2.05, 4.69) is 67.4 Å². The molecular weight excluding hydrogens is 790 g/mol. The van der Waals surface area contributed by atoms with Crippen LogP contribution in [0.5, 0.6) is 5.75 Å². The van der Waals surface area contributed by atoms with E-state index in [1.165, 1.54) is 11.1 Å². The van der Waals surface area contributed by atoms with Crippen molar-refractivity contribution >= 4 is 57.9 Å². The van der Waals surface area contributed by atoms with Gasteiger partial charge in [0.15, 0.2) is 0 Å². The molecule has 7 rings (SSSR count). The molecule has 1 saturated carbocycles. The molecule has 1 heterocycles. The number of amides is 1. The number of halogens is 1. The van der Waals surface area contributed by atoms with Gasteiger partial charge in [0.2, 0.25) is 15.9 Å². The molecule has 0 unspecified atom stereocenters. The van der Waals surface area contributed by atoms with Crippen molar-refractivity contribution in [1.82, 2.24) is 5.32 Å². The molecule has 3 aliphatic rings. The van der Waals surface area contributed by atoms with E-state index in [9.17, 15) is 23.1 Å². The summed E-state index contributed by atoms with van der Waals surface area (Å²) in [5, 5.41) is 20.7. The molecule has 0 saturated heterocycles. The van der Waals surface area contributed by atoms with Gasteiger partial charge in [0.1, 0.15) is 5.75 Å². The minimum Gasteiger partial charge on any atom is -0.490 e. The Bertz CT molecular complexity index is 2200. The highest BCUT2D eigenvalue weighted by molar-refractivity contribution is 7.89. The van der Waals surface area contributed by atoms with Crippen LogP contribution in [-0.4, -0.2) is 71.8 Å². The number of nitrogens with zero attached hydrogens (tertiary/aromatic N) is 1. The minimum atomic E-state index is -3.77. The summed E-state index contributed by atoms with van der Waals surface area (Å²) in [6, 6.07) is 31.9. The Hall–Kier alpha value is -4.20. The molecule has 4 atom stereocenters. The zero-order valence-electron chi connectivity index (χ0n) is 33.5. The number of benzene rings is 4. The van der Waals surface area contributed by atoms with Crippen molar-refractivity contribution in [2.75, 3.05) is 36.9 Å². The highest BCUT2D eigenvalue weighted by Crippen LogP contribution is 2.48. The molecule has 0 radical (unpaired) electrons. The van der Waals surface area contributed by atoms with Gasteiger partial charge in [-0.25, -0.2) is 18.4 Å². The Morgan fingerprint density at radius 1 is 1.02 bits per heavy atom. The lowest BCUT2D eigenvalue weighted by Crippen LogP contribution is -2.69. The van der Waals surface area contributed by atoms with Crippen LogP contribution in [0.2, 0.25) is 10.1 Å². The summed E-state index contributed by atoms with van der Waals surface area (Å²) in [4.78, 5) is 28.5. The number of sulfonamides is 1. The molecule has 4 aromatic rings. The summed E-state index contributed by atoms with van der Waals surface area (Å²) in [6.07, 6.45) is 4.06. The fourth-order valence-electron chi connectivity index (χ4n) is 9.63. The first-order valence-electron chi connectivity index (χ1n) is 20.2. The second-order valence-electron chi connectivity index (χ2n) is 17.3. The van der Waals surface area contributed by atoms with E-state index in [0.29, 0.717) is 30.5 Å². The SMILES string of the molecule is CC(C)(C)[Si](O[C@@H](CC(=O)NCCS(N)(=O)=O)[C@@H]1CC[C@H]1CN1C[C@@]2(CCCc3cc(Cl)ccc32)COc2ccc(C(=O)O)cc21)(c1ccccc1)c1ccccc1. The molecule has 1 aliphatic heterocycles. The number of anilines is 1. The van der Waals surface area contributed by atoms with E-state index in [0.717, 1.165) is 48.2 Å². The topological polar surface area (TPSA) is 148 Å². The third kappa shape index (κ3) is 8.72. The molecule has 4 N–H and O–H groups in total. The Morgan fingerprint density at radius 2 is 1.71 bits per heavy atom. The first-order chi connectivity index (χ1) is 27.6. The Labute approximate surface area is 348 Å². The predicted molar refractivity (Wildman–Crippen MR) is 231 cm³/mol. The average molecular weight is 845 g/mol. The summed E-state index contributed by atoms with van der Waals surface area (Å²) in [6.45, 7) is 8.21. The van der Waals surface area contributed by atoms with Gasteiger partial charge < -0.3 is 24.5 Å². The molecule has 2 aliphatic carbocycles. The van der Waals surface area contributed by atoms with Crippen molar-refractivity contribution in [2.45, 2.75) is 75.9 Å². The maximum atomic E-state index is 13.8. The molecule has 0 aromatic heterocycles. The van der Waals surface area contributed by atoms with E-state index >= 15 is 0 Å². The first-order valence-corrected chi connectivity index (χ1v) is 24.2. The van der Waals surface area contributed by atoms with Gasteiger partial charge in [0, 0.05) is 30.1 Å². The zero-order valence-corrected chi connectivity index (χ0v) is 36.0. The number of nitrogens with two attached hydrogens (primary N) is 1. The van der Waals surface area contributed by atoms with Crippen LogP contribution in [0.1, 0.15) is 74.4 Å². The standard InChI is InChI=1S/C45H54ClN3O7SSi/c1-44(2,3)58(35-12-6-4-7-13-35,36-14-8-5-9-15-36)56-41(27-42(50)48-23-24-57(47,53)54)37-19-16-33(37)28-49-29-45(22-10-11-31-25-34(46)18-20-38(31)45)30-55-40-21-17-32(43(51)52)26-39(40)49/h4-9,12-15,17-18,20-21,25-26,33,37,41H,10-11,16,19,22-24,27-30H2,1-3H3,(H,48,50)(H,51,52)(H2,47,53,54)/t33-,37+,41-,45-/m0/s1. The molecule has 4 aromatic carbocycles. The molecule has 1 fully saturated rings. The molecule has 13 heteroatoms. The summed E-state index contributed by atoms with van der Waals surface area (Å²) in [5.41, 5.74) is 3.01. The number of ether oxygens (including phenoxy) is 1. The van der Waals surface area contributed by atoms with Crippen LogP contribution < -0.4 is 30.5 Å². The van der Waals surface area contributed by atoms with Gasteiger partial charge in [0.25, 0.3) is 8.32 Å². The summed E-state index contributed by atoms with van der Waals surface area (Å²) in [5.74, 6) is -0.967. The largest absolute Gasteiger partial charge is 0.490 e. The van der Waals surface area contributed by atoms with Crippen molar-refractivity contribution in [3.05, 3.63) is 119 Å². The summed E-state index contributed by atoms with van der Waals surface area (Å²) in [7, 11) is -6.91. The Balaban J connectivity index is 1.28. The molecule has 0 bridgehead atoms. The number of rotatable bonds is 13. The van der Waals surface area contributed by atoms with Gasteiger partial charge in [-0.15, -0.1) is 0 Å². The van der Waals surface area contributed by atoms with Crippen molar-refractivity contribution in [2.24, 2.45) is 17.0 Å². The van der Waals surface area contributed by atoms with Gasteiger partial charge >= 0.3 is 5.97 Å². The van der Waals surface area contributed by atoms with Crippen LogP contribution >= 0.6 is 11.6 Å². The van der Waals surface area contributed by atoms with Crippen molar-refractivity contribution in [3.8, 4) is 5.75 Å². The normalized spacial score (nSPS) is 21.2. The number of hydrogen-bond donors (Lipinski definition) is 3. The Kier molecular flexibility index (Phi) is 12.2. The van der Waals surface area contributed by atoms with Crippen LogP contribution in [0.15, 0.2) is 97.1 Å². The number of nitrogens with one attached hydrogen (secondary N) is 1. The first kappa shape index (κ1) is 41.9. The van der Waals surface area contributed by atoms with Gasteiger partial charge in [-0.3, -0.25) is 4.79 Å². The van der Waals surface area contributed by atoms with Crippen molar-refractivity contribution in [1.29, 1.82) is 0 Å². The highest BCUT2D eigenvalue weighted by Gasteiger charge is 2.54. The molecule has 1 spiro atoms. The van der Waals surface area contributed by atoms with Gasteiger partial charge in [-0.1, -0.05) is 99.1 Å². The third-order valence-electron chi connectivity index (χ3n) is 12.5. The summed E-state index contributed by atoms with van der Waals surface area (Å²) < 4.78 is 37.9. The number of carboxylic acids is 1. The van der Waals surface area contributed by atoms with Gasteiger partial charge in [0.05, 0.1) is 36.1 Å². The predicted octanol–water partition coefficient (Wildman–Crippen LogP) is 6.28. The Morgan fingerprint density at radius 3 is 2.31 bits per heavy atom. The highest BCUT2D eigenvalue weighted by atomic mass is 35.5. The molecule has 10 nitrogen and oxygen atoms in total. The van der Waals surface area contributed by atoms with Crippen LogP contribution in [-0.2, 0) is 31.1 Å². The number of fused-ring (bicyclic) bond motifs is 3. The van der Waals surface area contributed by atoms with E-state index in [1.54, 1.807) is 18.2 Å². The smallest absolute Gasteiger partial charge is 0.335 e. The zero-order chi connectivity index (χ0) is 41.3. The number of hydrogen-bond acceptors (Lipinski definition) is 7. The number of carboxylic acid groups (broad SMARTS) is 1. The van der Waals surface area contributed by atoms with E-state index in [-0.39, 0.29) is 52.5 Å². The van der Waals surface area contributed by atoms with Crippen LogP contribution in [0.25, 0.3) is 0 Å². The van der Waals surface area contributed by atoms with Crippen LogP contribution in [0.4, 0.5) is 5.69 Å². The van der Waals surface area contributed by atoms with Crippen molar-refractivity contribution in [3.63, 3.8) is 0 Å². The third-order valence-corrected chi connectivity index (χ3v) is 18.6. The van der Waals surface area contributed by atoms with Gasteiger partial charge in [-0.05, 0) is 101 Å². The average Bonchev–Trinajstić information content (AvgIpc) is 3.31. The second-order valence-corrected chi connectivity index (χ2v) is 23.8. The molecule has 58 heavy (non-hydrogen) atoms. The fourth-order valence-corrected chi connectivity index (χ4v) is 14.9. The quantitative estimate of drug-likeness (QED) is 0.133. The van der Waals surface area contributed by atoms with E-state index in [4.69, 9.17) is 25.9 Å². The minimum absolute atomic E-state index is 0.0330. The van der Waals surface area contributed by atoms with Gasteiger partial charge in [-0.2, -0.15) is 0 Å². The molecular formula is C45H54ClN3O7SSi.